The van der Waals surface area contributed by atoms with Crippen molar-refractivity contribution in [2.45, 2.75) is 58.3 Å². The minimum absolute atomic E-state index is 0.246. The Hall–Kier alpha value is -4.53. The van der Waals surface area contributed by atoms with Crippen LogP contribution in [0.15, 0.2) is 118 Å². The molecular formula is C39H36O7. The molecule has 0 unspecified atom stereocenters. The second-order valence-electron chi connectivity index (χ2n) is 11.8. The van der Waals surface area contributed by atoms with E-state index in [4.69, 9.17) is 28.1 Å². The first-order valence-electron chi connectivity index (χ1n) is 15.6. The fourth-order valence-electron chi connectivity index (χ4n) is 5.96. The average molecular weight is 617 g/mol. The van der Waals surface area contributed by atoms with Crippen LogP contribution in [0.3, 0.4) is 0 Å². The first-order valence-corrected chi connectivity index (χ1v) is 15.6. The molecule has 7 heteroatoms. The van der Waals surface area contributed by atoms with E-state index < -0.39 is 30.2 Å². The second kappa shape index (κ2) is 13.4. The molecule has 1 saturated heterocycles. The summed E-state index contributed by atoms with van der Waals surface area (Å²) in [5.74, 6) is 0.442. The smallest absolute Gasteiger partial charge is 0.347 e. The van der Waals surface area contributed by atoms with Gasteiger partial charge in [-0.25, -0.2) is 4.79 Å². The van der Waals surface area contributed by atoms with Gasteiger partial charge in [-0.3, -0.25) is 0 Å². The van der Waals surface area contributed by atoms with Crippen LogP contribution in [0.4, 0.5) is 0 Å². The lowest BCUT2D eigenvalue weighted by Gasteiger charge is -2.44. The molecular weight excluding hydrogens is 580 g/mol. The van der Waals surface area contributed by atoms with E-state index in [1.165, 1.54) is 0 Å². The maximum atomic E-state index is 13.3. The van der Waals surface area contributed by atoms with Gasteiger partial charge in [-0.05, 0) is 59.9 Å². The van der Waals surface area contributed by atoms with E-state index in [1.54, 1.807) is 6.08 Å². The van der Waals surface area contributed by atoms with Gasteiger partial charge in [0, 0.05) is 5.57 Å². The van der Waals surface area contributed by atoms with Crippen LogP contribution in [0.1, 0.15) is 33.4 Å². The number of ether oxygens (including phenoxy) is 5. The quantitative estimate of drug-likeness (QED) is 0.153. The summed E-state index contributed by atoms with van der Waals surface area (Å²) in [5, 5.41) is 0.720. The topological polar surface area (TPSA) is 76.4 Å². The number of hydrogen-bond acceptors (Lipinski definition) is 7. The van der Waals surface area contributed by atoms with Crippen LogP contribution >= 0.6 is 0 Å². The Morgan fingerprint density at radius 2 is 1.30 bits per heavy atom. The Labute approximate surface area is 267 Å². The third-order valence-electron chi connectivity index (χ3n) is 8.56. The number of fused-ring (bicyclic) bond motifs is 4. The summed E-state index contributed by atoms with van der Waals surface area (Å²) < 4.78 is 38.5. The Bertz CT molecular complexity index is 1880. The van der Waals surface area contributed by atoms with E-state index in [0.29, 0.717) is 42.3 Å². The van der Waals surface area contributed by atoms with Crippen molar-refractivity contribution in [3.63, 3.8) is 0 Å². The van der Waals surface area contributed by atoms with Crippen molar-refractivity contribution in [2.75, 3.05) is 6.61 Å². The van der Waals surface area contributed by atoms with E-state index in [9.17, 15) is 4.79 Å². The molecule has 0 spiro atoms. The first-order chi connectivity index (χ1) is 22.5. The third kappa shape index (κ3) is 6.41. The number of aryl methyl sites for hydroxylation is 2. The predicted octanol–water partition coefficient (Wildman–Crippen LogP) is 7.30. The van der Waals surface area contributed by atoms with E-state index in [-0.39, 0.29) is 6.61 Å². The Kier molecular flexibility index (Phi) is 8.81. The summed E-state index contributed by atoms with van der Waals surface area (Å²) in [4.78, 5) is 13.3. The van der Waals surface area contributed by atoms with E-state index in [0.717, 1.165) is 33.2 Å². The molecule has 2 aliphatic rings. The lowest BCUT2D eigenvalue weighted by atomic mass is 9.92. The second-order valence-corrected chi connectivity index (χ2v) is 11.8. The predicted molar refractivity (Wildman–Crippen MR) is 175 cm³/mol. The minimum atomic E-state index is -0.818. The SMILES string of the molecule is Cc1cc2oc(=O)c3c(c2cc1C)O[C@@H]1O[C@H](COCc2ccccc2)[C@H](OCc2ccccc2)[C@H](OCc2ccccc2)C1=C3. The molecule has 5 aromatic rings. The zero-order valence-corrected chi connectivity index (χ0v) is 25.9. The summed E-state index contributed by atoms with van der Waals surface area (Å²) in [6.45, 7) is 5.35. The van der Waals surface area contributed by atoms with Gasteiger partial charge in [0.05, 0.1) is 31.8 Å². The molecule has 1 aromatic heterocycles. The zero-order chi connectivity index (χ0) is 31.5. The van der Waals surface area contributed by atoms with E-state index >= 15 is 0 Å². The molecule has 46 heavy (non-hydrogen) atoms. The van der Waals surface area contributed by atoms with Gasteiger partial charge in [0.1, 0.15) is 35.2 Å². The van der Waals surface area contributed by atoms with Gasteiger partial charge in [0.15, 0.2) is 0 Å². The fraction of sp³-hybridized carbons (Fsp3) is 0.256. The zero-order valence-electron chi connectivity index (χ0n) is 25.9. The van der Waals surface area contributed by atoms with Crippen LogP contribution in [-0.2, 0) is 38.8 Å². The Morgan fingerprint density at radius 3 is 1.96 bits per heavy atom. The van der Waals surface area contributed by atoms with Crippen molar-refractivity contribution >= 4 is 17.0 Å². The van der Waals surface area contributed by atoms with Crippen LogP contribution in [-0.4, -0.2) is 31.2 Å². The Morgan fingerprint density at radius 1 is 0.717 bits per heavy atom. The molecule has 1 fully saturated rings. The molecule has 0 aliphatic carbocycles. The van der Waals surface area contributed by atoms with E-state index in [2.05, 4.69) is 0 Å². The highest BCUT2D eigenvalue weighted by molar-refractivity contribution is 5.89. The molecule has 0 amide bonds. The number of hydrogen-bond donors (Lipinski definition) is 0. The van der Waals surface area contributed by atoms with Crippen LogP contribution in [0, 0.1) is 13.8 Å². The highest BCUT2D eigenvalue weighted by atomic mass is 16.7. The largest absolute Gasteiger partial charge is 0.459 e. The first kappa shape index (κ1) is 30.1. The van der Waals surface area contributed by atoms with Gasteiger partial charge >= 0.3 is 5.63 Å². The molecule has 4 aromatic carbocycles. The normalized spacial score (nSPS) is 20.4. The van der Waals surface area contributed by atoms with Crippen molar-refractivity contribution in [2.24, 2.45) is 0 Å². The van der Waals surface area contributed by atoms with Crippen molar-refractivity contribution in [3.8, 4) is 5.75 Å². The summed E-state index contributed by atoms with van der Waals surface area (Å²) in [6, 6.07) is 33.8. The van der Waals surface area contributed by atoms with Crippen LogP contribution in [0.5, 0.6) is 5.75 Å². The Balaban J connectivity index is 1.27. The summed E-state index contributed by atoms with van der Waals surface area (Å²) >= 11 is 0. The summed E-state index contributed by atoms with van der Waals surface area (Å²) in [7, 11) is 0. The van der Waals surface area contributed by atoms with Crippen molar-refractivity contribution in [1.29, 1.82) is 0 Å². The number of rotatable bonds is 10. The summed E-state index contributed by atoms with van der Waals surface area (Å²) in [6.07, 6.45) is -0.714. The van der Waals surface area contributed by atoms with Crippen molar-refractivity contribution in [1.82, 2.24) is 0 Å². The molecule has 0 N–H and O–H groups in total. The number of benzene rings is 4. The van der Waals surface area contributed by atoms with Crippen LogP contribution in [0.2, 0.25) is 0 Å². The monoisotopic (exact) mass is 616 g/mol. The molecule has 0 bridgehead atoms. The van der Waals surface area contributed by atoms with Gasteiger partial charge in [-0.1, -0.05) is 91.0 Å². The van der Waals surface area contributed by atoms with Crippen LogP contribution in [0.25, 0.3) is 17.0 Å². The molecule has 2 aliphatic heterocycles. The molecule has 7 rings (SSSR count). The summed E-state index contributed by atoms with van der Waals surface area (Å²) in [5.41, 5.74) is 6.18. The highest BCUT2D eigenvalue weighted by Gasteiger charge is 2.47. The van der Waals surface area contributed by atoms with Crippen molar-refractivity contribution in [3.05, 3.63) is 153 Å². The molecule has 3 heterocycles. The average Bonchev–Trinajstić information content (AvgIpc) is 3.08. The van der Waals surface area contributed by atoms with Crippen molar-refractivity contribution < 1.29 is 28.1 Å². The maximum absolute atomic E-state index is 13.3. The molecule has 7 nitrogen and oxygen atoms in total. The minimum Gasteiger partial charge on any atom is -0.459 e. The maximum Gasteiger partial charge on any atom is 0.347 e. The van der Waals surface area contributed by atoms with Gasteiger partial charge in [0.2, 0.25) is 6.29 Å². The lowest BCUT2D eigenvalue weighted by Crippen LogP contribution is -2.56. The molecule has 4 atom stereocenters. The molecule has 0 saturated carbocycles. The lowest BCUT2D eigenvalue weighted by molar-refractivity contribution is -0.229. The highest BCUT2D eigenvalue weighted by Crippen LogP contribution is 2.41. The van der Waals surface area contributed by atoms with Gasteiger partial charge in [-0.2, -0.15) is 0 Å². The molecule has 234 valence electrons. The van der Waals surface area contributed by atoms with Gasteiger partial charge < -0.3 is 28.1 Å². The van der Waals surface area contributed by atoms with Gasteiger partial charge in [0.25, 0.3) is 0 Å². The standard InChI is InChI=1S/C39H36O7/c1-25-18-30-33(19-26(25)2)44-38(40)31-20-32-36(42-22-28-14-8-4-9-15-28)37(43-23-29-16-10-5-11-17-29)34(45-39(32)46-35(30)31)24-41-21-27-12-6-3-7-13-27/h3-20,34,36-37,39H,21-24H2,1-2H3/t34-,36-,37+,39+/m1/s1. The third-order valence-corrected chi connectivity index (χ3v) is 8.56. The van der Waals surface area contributed by atoms with E-state index in [1.807, 2.05) is 117 Å². The van der Waals surface area contributed by atoms with Crippen LogP contribution < -0.4 is 10.4 Å². The van der Waals surface area contributed by atoms with Gasteiger partial charge in [-0.15, -0.1) is 0 Å². The fourth-order valence-corrected chi connectivity index (χ4v) is 5.96. The molecule has 0 radical (unpaired) electrons.